The lowest BCUT2D eigenvalue weighted by Crippen LogP contribution is -2.45. The SMILES string of the molecule is CCOC(=O)C1CCN(C(=O)Cn2c(=O)n(-c3ccccc3OC)c(=O)c3sccc32)CC1. The molecule has 174 valence electrons. The standard InChI is InChI=1S/C23H25N3O6S/c1-3-32-22(29)15-8-11-24(12-9-15)19(27)14-25-17-10-13-33-20(17)21(28)26(23(25)30)16-6-4-5-7-18(16)31-2/h4-7,10,13,15H,3,8-9,11-12,14H2,1-2H3. The lowest BCUT2D eigenvalue weighted by atomic mass is 9.97. The van der Waals surface area contributed by atoms with Gasteiger partial charge >= 0.3 is 11.7 Å². The third-order valence-electron chi connectivity index (χ3n) is 5.84. The number of likely N-dealkylation sites (tertiary alicyclic amines) is 1. The maximum Gasteiger partial charge on any atom is 0.336 e. The highest BCUT2D eigenvalue weighted by molar-refractivity contribution is 7.17. The van der Waals surface area contributed by atoms with Crippen LogP contribution in [-0.4, -0.2) is 52.7 Å². The van der Waals surface area contributed by atoms with Crippen LogP contribution in [0, 0.1) is 5.92 Å². The second-order valence-electron chi connectivity index (χ2n) is 7.72. The fourth-order valence-corrected chi connectivity index (χ4v) is 4.95. The Labute approximate surface area is 193 Å². The summed E-state index contributed by atoms with van der Waals surface area (Å²) in [6, 6.07) is 8.44. The number of aromatic nitrogens is 2. The Morgan fingerprint density at radius 3 is 2.55 bits per heavy atom. The summed E-state index contributed by atoms with van der Waals surface area (Å²) in [5.41, 5.74) is -0.309. The molecule has 0 aliphatic carbocycles. The molecule has 0 saturated carbocycles. The van der Waals surface area contributed by atoms with E-state index in [0.29, 0.717) is 54.2 Å². The number of fused-ring (bicyclic) bond motifs is 1. The van der Waals surface area contributed by atoms with Gasteiger partial charge in [0.25, 0.3) is 5.56 Å². The number of hydrogen-bond donors (Lipinski definition) is 0. The van der Waals surface area contributed by atoms with Crippen molar-refractivity contribution in [2.24, 2.45) is 5.92 Å². The van der Waals surface area contributed by atoms with Crippen molar-refractivity contribution in [1.82, 2.24) is 14.0 Å². The van der Waals surface area contributed by atoms with E-state index in [1.165, 1.54) is 23.0 Å². The van der Waals surface area contributed by atoms with Crippen LogP contribution in [-0.2, 0) is 20.9 Å². The summed E-state index contributed by atoms with van der Waals surface area (Å²) in [5, 5.41) is 1.73. The summed E-state index contributed by atoms with van der Waals surface area (Å²) in [6.45, 7) is 2.72. The molecule has 1 aliphatic rings. The van der Waals surface area contributed by atoms with Crippen LogP contribution in [0.1, 0.15) is 19.8 Å². The summed E-state index contributed by atoms with van der Waals surface area (Å²) in [7, 11) is 1.47. The minimum absolute atomic E-state index is 0.203. The topological polar surface area (TPSA) is 99.8 Å². The van der Waals surface area contributed by atoms with Gasteiger partial charge in [0.1, 0.15) is 17.0 Å². The monoisotopic (exact) mass is 471 g/mol. The molecule has 1 amide bonds. The number of thiophene rings is 1. The highest BCUT2D eigenvalue weighted by Gasteiger charge is 2.29. The van der Waals surface area contributed by atoms with Crippen molar-refractivity contribution in [3.05, 3.63) is 56.5 Å². The smallest absolute Gasteiger partial charge is 0.336 e. The molecular formula is C23H25N3O6S. The molecule has 9 nitrogen and oxygen atoms in total. The van der Waals surface area contributed by atoms with Crippen LogP contribution in [0.2, 0.25) is 0 Å². The summed E-state index contributed by atoms with van der Waals surface area (Å²) in [6.07, 6.45) is 1.04. The van der Waals surface area contributed by atoms with Gasteiger partial charge in [-0.05, 0) is 43.3 Å². The summed E-state index contributed by atoms with van der Waals surface area (Å²) >= 11 is 1.22. The van der Waals surface area contributed by atoms with Gasteiger partial charge in [0, 0.05) is 13.1 Å². The molecule has 0 bridgehead atoms. The van der Waals surface area contributed by atoms with Gasteiger partial charge in [-0.15, -0.1) is 11.3 Å². The number of ether oxygens (including phenoxy) is 2. The van der Waals surface area contributed by atoms with Crippen LogP contribution in [0.5, 0.6) is 5.75 Å². The Morgan fingerprint density at radius 1 is 1.12 bits per heavy atom. The first-order valence-electron chi connectivity index (χ1n) is 10.8. The minimum atomic E-state index is -0.606. The van der Waals surface area contributed by atoms with Crippen LogP contribution < -0.4 is 16.0 Å². The number of amides is 1. The molecule has 2 aromatic heterocycles. The lowest BCUT2D eigenvalue weighted by molar-refractivity contribution is -0.151. The first-order chi connectivity index (χ1) is 16.0. The fraction of sp³-hybridized carbons (Fsp3) is 0.391. The van der Waals surface area contributed by atoms with Gasteiger partial charge in [0.2, 0.25) is 5.91 Å². The van der Waals surface area contributed by atoms with Crippen LogP contribution in [0.3, 0.4) is 0 Å². The molecule has 4 rings (SSSR count). The molecule has 0 radical (unpaired) electrons. The van der Waals surface area contributed by atoms with Crippen molar-refractivity contribution >= 4 is 33.4 Å². The van der Waals surface area contributed by atoms with E-state index in [-0.39, 0.29) is 24.3 Å². The molecule has 0 N–H and O–H groups in total. The van der Waals surface area contributed by atoms with Crippen molar-refractivity contribution in [3.8, 4) is 11.4 Å². The second kappa shape index (κ2) is 9.62. The maximum absolute atomic E-state index is 13.4. The molecule has 1 aromatic carbocycles. The second-order valence-corrected chi connectivity index (χ2v) is 8.64. The van der Waals surface area contributed by atoms with Crippen molar-refractivity contribution in [2.75, 3.05) is 26.8 Å². The number of carbonyl (C=O) groups is 2. The molecule has 3 heterocycles. The molecule has 0 unspecified atom stereocenters. The molecule has 33 heavy (non-hydrogen) atoms. The van der Waals surface area contributed by atoms with Crippen LogP contribution >= 0.6 is 11.3 Å². The van der Waals surface area contributed by atoms with Crippen molar-refractivity contribution in [1.29, 1.82) is 0 Å². The zero-order valence-electron chi connectivity index (χ0n) is 18.5. The Bertz CT molecular complexity index is 1300. The molecule has 0 spiro atoms. The van der Waals surface area contributed by atoms with Gasteiger partial charge in [-0.3, -0.25) is 19.0 Å². The molecule has 1 saturated heterocycles. The predicted molar refractivity (Wildman–Crippen MR) is 124 cm³/mol. The van der Waals surface area contributed by atoms with E-state index in [9.17, 15) is 19.2 Å². The number of hydrogen-bond acceptors (Lipinski definition) is 7. The number of nitrogens with zero attached hydrogens (tertiary/aromatic N) is 3. The highest BCUT2D eigenvalue weighted by atomic mass is 32.1. The Balaban J connectivity index is 1.66. The quantitative estimate of drug-likeness (QED) is 0.510. The third-order valence-corrected chi connectivity index (χ3v) is 6.73. The van der Waals surface area contributed by atoms with Crippen LogP contribution in [0.4, 0.5) is 0 Å². The van der Waals surface area contributed by atoms with E-state index in [2.05, 4.69) is 0 Å². The average Bonchev–Trinajstić information content (AvgIpc) is 3.32. The van der Waals surface area contributed by atoms with E-state index in [4.69, 9.17) is 9.47 Å². The summed E-state index contributed by atoms with van der Waals surface area (Å²) in [5.74, 6) is -0.305. The average molecular weight is 472 g/mol. The molecule has 0 atom stereocenters. The van der Waals surface area contributed by atoms with Crippen molar-refractivity contribution in [2.45, 2.75) is 26.3 Å². The summed E-state index contributed by atoms with van der Waals surface area (Å²) < 4.78 is 13.2. The number of benzene rings is 1. The Kier molecular flexibility index (Phi) is 6.64. The van der Waals surface area contributed by atoms with E-state index in [1.54, 1.807) is 47.5 Å². The molecular weight excluding hydrogens is 446 g/mol. The van der Waals surface area contributed by atoms with Gasteiger partial charge in [-0.25, -0.2) is 9.36 Å². The van der Waals surface area contributed by atoms with E-state index < -0.39 is 11.2 Å². The lowest BCUT2D eigenvalue weighted by Gasteiger charge is -2.31. The minimum Gasteiger partial charge on any atom is -0.495 e. The number of esters is 1. The van der Waals surface area contributed by atoms with E-state index in [0.717, 1.165) is 4.57 Å². The number of methoxy groups -OCH3 is 1. The number of rotatable bonds is 6. The zero-order valence-corrected chi connectivity index (χ0v) is 19.3. The van der Waals surface area contributed by atoms with E-state index >= 15 is 0 Å². The van der Waals surface area contributed by atoms with Crippen LogP contribution in [0.25, 0.3) is 15.9 Å². The number of piperidine rings is 1. The van der Waals surface area contributed by atoms with E-state index in [1.807, 2.05) is 0 Å². The first-order valence-corrected chi connectivity index (χ1v) is 11.6. The molecule has 1 aliphatic heterocycles. The van der Waals surface area contributed by atoms with Crippen molar-refractivity contribution in [3.63, 3.8) is 0 Å². The van der Waals surface area contributed by atoms with Crippen LogP contribution in [0.15, 0.2) is 45.3 Å². The molecule has 1 fully saturated rings. The maximum atomic E-state index is 13.4. The van der Waals surface area contributed by atoms with Gasteiger partial charge in [0.15, 0.2) is 0 Å². The van der Waals surface area contributed by atoms with Gasteiger partial charge < -0.3 is 14.4 Å². The molecule has 10 heteroatoms. The Morgan fingerprint density at radius 2 is 1.85 bits per heavy atom. The largest absolute Gasteiger partial charge is 0.495 e. The number of carbonyl (C=O) groups excluding carboxylic acids is 2. The highest BCUT2D eigenvalue weighted by Crippen LogP contribution is 2.23. The predicted octanol–water partition coefficient (Wildman–Crippen LogP) is 2.02. The summed E-state index contributed by atoms with van der Waals surface area (Å²) in [4.78, 5) is 53.3. The third kappa shape index (κ3) is 4.30. The normalized spacial score (nSPS) is 14.4. The van der Waals surface area contributed by atoms with Crippen molar-refractivity contribution < 1.29 is 19.1 Å². The fourth-order valence-electron chi connectivity index (χ4n) is 4.13. The zero-order chi connectivity index (χ0) is 23.5. The number of para-hydroxylation sites is 2. The van der Waals surface area contributed by atoms with Gasteiger partial charge in [-0.2, -0.15) is 0 Å². The first kappa shape index (κ1) is 22.8. The van der Waals surface area contributed by atoms with Gasteiger partial charge in [-0.1, -0.05) is 12.1 Å². The Hall–Kier alpha value is -3.40. The van der Waals surface area contributed by atoms with Gasteiger partial charge in [0.05, 0.1) is 30.8 Å². The molecule has 3 aromatic rings.